The van der Waals surface area contributed by atoms with Crippen molar-refractivity contribution in [3.8, 4) is 0 Å². The third-order valence-electron chi connectivity index (χ3n) is 3.26. The van der Waals surface area contributed by atoms with Crippen LogP contribution >= 0.6 is 22.9 Å². The Morgan fingerprint density at radius 1 is 1.41 bits per heavy atom. The fourth-order valence-corrected chi connectivity index (χ4v) is 3.12. The second kappa shape index (κ2) is 5.94. The molecule has 1 atom stereocenters. The number of carbonyl (C=O) groups is 2. The molecule has 8 heteroatoms. The number of amides is 3. The first kappa shape index (κ1) is 14.8. The van der Waals surface area contributed by atoms with Crippen LogP contribution in [0.15, 0.2) is 30.5 Å². The summed E-state index contributed by atoms with van der Waals surface area (Å²) in [5, 5.41) is 5.82. The summed E-state index contributed by atoms with van der Waals surface area (Å²) in [6, 6.07) is 6.26. The van der Waals surface area contributed by atoms with Gasteiger partial charge >= 0.3 is 6.03 Å². The molecule has 3 amide bonds. The second-order valence-electron chi connectivity index (χ2n) is 4.80. The minimum Gasteiger partial charge on any atom is -0.378 e. The van der Waals surface area contributed by atoms with E-state index in [1.807, 2.05) is 12.1 Å². The fraction of sp³-hybridized carbons (Fsp3) is 0.214. The topological polar surface area (TPSA) is 74.3 Å². The fourth-order valence-electron chi connectivity index (χ4n) is 2.20. The molecule has 1 unspecified atom stereocenters. The second-order valence-corrected chi connectivity index (χ2v) is 6.49. The number of hydrogen-bond acceptors (Lipinski definition) is 5. The highest BCUT2D eigenvalue weighted by atomic mass is 35.5. The molecule has 1 aromatic heterocycles. The summed E-state index contributed by atoms with van der Waals surface area (Å²) < 4.78 is 0.480. The average molecular weight is 337 g/mol. The number of nitrogens with one attached hydrogen (secondary N) is 2. The van der Waals surface area contributed by atoms with Crippen LogP contribution in [0.3, 0.4) is 0 Å². The van der Waals surface area contributed by atoms with Crippen molar-refractivity contribution in [1.29, 1.82) is 0 Å². The monoisotopic (exact) mass is 336 g/mol. The van der Waals surface area contributed by atoms with E-state index in [1.54, 1.807) is 25.3 Å². The first-order valence-electron chi connectivity index (χ1n) is 6.64. The van der Waals surface area contributed by atoms with Gasteiger partial charge in [-0.1, -0.05) is 23.7 Å². The molecule has 6 nitrogen and oxygen atoms in total. The number of nitrogens with zero attached hydrogens (tertiary/aromatic N) is 2. The number of thiazole rings is 1. The molecular weight excluding hydrogens is 324 g/mol. The Morgan fingerprint density at radius 3 is 2.82 bits per heavy atom. The van der Waals surface area contributed by atoms with Crippen LogP contribution in [0.4, 0.5) is 16.2 Å². The van der Waals surface area contributed by atoms with Gasteiger partial charge in [0.2, 0.25) is 0 Å². The first-order valence-corrected chi connectivity index (χ1v) is 7.83. The van der Waals surface area contributed by atoms with Crippen molar-refractivity contribution in [2.45, 2.75) is 19.5 Å². The van der Waals surface area contributed by atoms with E-state index in [0.717, 1.165) is 9.78 Å². The Kier molecular flexibility index (Phi) is 4.00. The molecule has 1 aliphatic heterocycles. The van der Waals surface area contributed by atoms with Crippen molar-refractivity contribution < 1.29 is 9.59 Å². The molecule has 1 saturated heterocycles. The zero-order valence-corrected chi connectivity index (χ0v) is 13.2. The van der Waals surface area contributed by atoms with Crippen molar-refractivity contribution >= 4 is 46.3 Å². The van der Waals surface area contributed by atoms with Crippen LogP contribution in [0.25, 0.3) is 0 Å². The summed E-state index contributed by atoms with van der Waals surface area (Å²) in [7, 11) is 0. The maximum absolute atomic E-state index is 12.1. The molecule has 0 radical (unpaired) electrons. The highest BCUT2D eigenvalue weighted by Gasteiger charge is 2.37. The molecule has 3 rings (SSSR count). The van der Waals surface area contributed by atoms with Crippen LogP contribution < -0.4 is 15.5 Å². The standard InChI is InChI=1S/C14H13ClN4O2S/c1-8-12(20)19(14(21)18-8)11-5-3-2-4-10(11)16-6-9-7-17-13(15)22-9/h2-5,7-8,16H,6H2,1H3,(H,18,21). The van der Waals surface area contributed by atoms with Gasteiger partial charge in [-0.3, -0.25) is 4.79 Å². The molecule has 0 saturated carbocycles. The predicted molar refractivity (Wildman–Crippen MR) is 86.4 cm³/mol. The summed E-state index contributed by atoms with van der Waals surface area (Å²) in [4.78, 5) is 30.2. The van der Waals surface area contributed by atoms with Gasteiger partial charge < -0.3 is 10.6 Å². The van der Waals surface area contributed by atoms with Crippen molar-refractivity contribution in [3.63, 3.8) is 0 Å². The molecule has 114 valence electrons. The van der Waals surface area contributed by atoms with Crippen molar-refractivity contribution in [2.24, 2.45) is 0 Å². The molecule has 0 spiro atoms. The van der Waals surface area contributed by atoms with Crippen LogP contribution in [0.1, 0.15) is 11.8 Å². The lowest BCUT2D eigenvalue weighted by Gasteiger charge is -2.17. The van der Waals surface area contributed by atoms with Gasteiger partial charge in [-0.05, 0) is 19.1 Å². The normalized spacial score (nSPS) is 17.7. The molecule has 2 N–H and O–H groups in total. The lowest BCUT2D eigenvalue weighted by atomic mass is 10.2. The van der Waals surface area contributed by atoms with Crippen molar-refractivity contribution in [1.82, 2.24) is 10.3 Å². The summed E-state index contributed by atoms with van der Waals surface area (Å²) >= 11 is 7.18. The summed E-state index contributed by atoms with van der Waals surface area (Å²) in [5.41, 5.74) is 1.23. The van der Waals surface area contributed by atoms with E-state index in [2.05, 4.69) is 15.6 Å². The van der Waals surface area contributed by atoms with E-state index < -0.39 is 12.1 Å². The Bertz CT molecular complexity index is 733. The molecular formula is C14H13ClN4O2S. The number of carbonyl (C=O) groups excluding carboxylic acids is 2. The van der Waals surface area contributed by atoms with E-state index in [-0.39, 0.29) is 5.91 Å². The van der Waals surface area contributed by atoms with E-state index in [4.69, 9.17) is 11.6 Å². The van der Waals surface area contributed by atoms with Crippen LogP contribution in [0.2, 0.25) is 4.47 Å². The average Bonchev–Trinajstić information content (AvgIpc) is 3.01. The number of hydrogen-bond donors (Lipinski definition) is 2. The zero-order chi connectivity index (χ0) is 15.7. The molecule has 22 heavy (non-hydrogen) atoms. The number of aromatic nitrogens is 1. The lowest BCUT2D eigenvalue weighted by molar-refractivity contribution is -0.117. The maximum Gasteiger partial charge on any atom is 0.329 e. The largest absolute Gasteiger partial charge is 0.378 e. The molecule has 0 bridgehead atoms. The number of para-hydroxylation sites is 2. The molecule has 2 aromatic rings. The summed E-state index contributed by atoms with van der Waals surface area (Å²) in [5.74, 6) is -0.264. The SMILES string of the molecule is CC1NC(=O)N(c2ccccc2NCc2cnc(Cl)s2)C1=O. The van der Waals surface area contributed by atoms with Crippen LogP contribution in [0.5, 0.6) is 0 Å². The van der Waals surface area contributed by atoms with Crippen LogP contribution in [-0.4, -0.2) is 23.0 Å². The van der Waals surface area contributed by atoms with Gasteiger partial charge in [0.05, 0.1) is 17.9 Å². The number of benzene rings is 1. The summed E-state index contributed by atoms with van der Waals surface area (Å²) in [6.45, 7) is 2.18. The minimum atomic E-state index is -0.513. The third-order valence-corrected chi connectivity index (χ3v) is 4.37. The third kappa shape index (κ3) is 2.77. The molecule has 1 fully saturated rings. The van der Waals surface area contributed by atoms with Crippen molar-refractivity contribution in [3.05, 3.63) is 39.8 Å². The van der Waals surface area contributed by atoms with Crippen molar-refractivity contribution in [2.75, 3.05) is 10.2 Å². The summed E-state index contributed by atoms with van der Waals surface area (Å²) in [6.07, 6.45) is 1.69. The highest BCUT2D eigenvalue weighted by molar-refractivity contribution is 7.15. The lowest BCUT2D eigenvalue weighted by Crippen LogP contribution is -2.31. The number of rotatable bonds is 4. The molecule has 1 aliphatic rings. The van der Waals surface area contributed by atoms with Gasteiger partial charge in [0.25, 0.3) is 5.91 Å². The Balaban J connectivity index is 1.84. The van der Waals surface area contributed by atoms with E-state index in [0.29, 0.717) is 22.4 Å². The highest BCUT2D eigenvalue weighted by Crippen LogP contribution is 2.29. The Labute approximate surface area is 136 Å². The molecule has 0 aliphatic carbocycles. The molecule has 1 aromatic carbocycles. The number of anilines is 2. The van der Waals surface area contributed by atoms with Crippen LogP contribution in [-0.2, 0) is 11.3 Å². The quantitative estimate of drug-likeness (QED) is 0.842. The number of imide groups is 1. The zero-order valence-electron chi connectivity index (χ0n) is 11.7. The van der Waals surface area contributed by atoms with Gasteiger partial charge in [0.1, 0.15) is 6.04 Å². The van der Waals surface area contributed by atoms with E-state index in [1.165, 1.54) is 11.3 Å². The van der Waals surface area contributed by atoms with Gasteiger partial charge in [0, 0.05) is 11.1 Å². The molecule has 2 heterocycles. The number of halogens is 1. The minimum absolute atomic E-state index is 0.264. The Morgan fingerprint density at radius 2 is 2.18 bits per heavy atom. The van der Waals surface area contributed by atoms with E-state index in [9.17, 15) is 9.59 Å². The van der Waals surface area contributed by atoms with Gasteiger partial charge in [-0.15, -0.1) is 11.3 Å². The first-order chi connectivity index (χ1) is 10.6. The van der Waals surface area contributed by atoms with E-state index >= 15 is 0 Å². The van der Waals surface area contributed by atoms with Gasteiger partial charge in [-0.2, -0.15) is 0 Å². The van der Waals surface area contributed by atoms with Crippen LogP contribution in [0, 0.1) is 0 Å². The Hall–Kier alpha value is -2.12. The maximum atomic E-state index is 12.1. The smallest absolute Gasteiger partial charge is 0.329 e. The van der Waals surface area contributed by atoms with Gasteiger partial charge in [-0.25, -0.2) is 14.7 Å². The van der Waals surface area contributed by atoms with Gasteiger partial charge in [0.15, 0.2) is 4.47 Å². The predicted octanol–water partition coefficient (Wildman–Crippen LogP) is 2.85. The number of urea groups is 1.